The monoisotopic (exact) mass is 268 g/mol. The summed E-state index contributed by atoms with van der Waals surface area (Å²) in [4.78, 5) is 5.99. The smallest absolute Gasteiger partial charge is 0.151 e. The topological polar surface area (TPSA) is 36.4 Å². The first kappa shape index (κ1) is 12.0. The van der Waals surface area contributed by atoms with Crippen molar-refractivity contribution in [2.24, 2.45) is 0 Å². The number of anilines is 2. The van der Waals surface area contributed by atoms with Gasteiger partial charge in [0, 0.05) is 18.9 Å². The molecule has 2 aromatic rings. The van der Waals surface area contributed by atoms with E-state index >= 15 is 0 Å². The molecule has 1 heterocycles. The largest absolute Gasteiger partial charge is 0.508 e. The first-order valence-electron chi connectivity index (χ1n) is 4.92. The van der Waals surface area contributed by atoms with Crippen molar-refractivity contribution in [1.29, 1.82) is 0 Å². The van der Waals surface area contributed by atoms with E-state index in [9.17, 15) is 5.11 Å². The zero-order chi connectivity index (χ0) is 12.4. The Balaban J connectivity index is 2.36. The van der Waals surface area contributed by atoms with Gasteiger partial charge in [-0.3, -0.25) is 0 Å². The van der Waals surface area contributed by atoms with Gasteiger partial charge in [0.1, 0.15) is 5.75 Å². The van der Waals surface area contributed by atoms with Crippen molar-refractivity contribution in [2.45, 2.75) is 0 Å². The molecular weight excluding hydrogens is 259 g/mol. The standard InChI is InChI=1S/C12H10Cl2N2O/c1-16(9-2-4-10(17)5-3-9)12-11(14)6-8(13)7-15-12/h2-7,17H,1H3. The van der Waals surface area contributed by atoms with Gasteiger partial charge in [-0.15, -0.1) is 0 Å². The number of rotatable bonds is 2. The summed E-state index contributed by atoms with van der Waals surface area (Å²) < 4.78 is 0. The third-order valence-corrected chi connectivity index (χ3v) is 2.83. The van der Waals surface area contributed by atoms with Crippen molar-refractivity contribution in [3.05, 3.63) is 46.6 Å². The fourth-order valence-electron chi connectivity index (χ4n) is 1.45. The summed E-state index contributed by atoms with van der Waals surface area (Å²) in [6, 6.07) is 8.41. The van der Waals surface area contributed by atoms with Crippen LogP contribution in [0.1, 0.15) is 0 Å². The normalized spacial score (nSPS) is 10.3. The maximum atomic E-state index is 9.22. The summed E-state index contributed by atoms with van der Waals surface area (Å²) in [6.45, 7) is 0. The Morgan fingerprint density at radius 3 is 2.41 bits per heavy atom. The number of aromatic hydroxyl groups is 1. The zero-order valence-electron chi connectivity index (χ0n) is 9.06. The number of pyridine rings is 1. The van der Waals surface area contributed by atoms with E-state index in [2.05, 4.69) is 4.98 Å². The number of hydrogen-bond acceptors (Lipinski definition) is 3. The van der Waals surface area contributed by atoms with E-state index in [-0.39, 0.29) is 5.75 Å². The summed E-state index contributed by atoms with van der Waals surface area (Å²) in [5.74, 6) is 0.832. The Bertz CT molecular complexity index is 529. The van der Waals surface area contributed by atoms with Crippen molar-refractivity contribution < 1.29 is 5.11 Å². The van der Waals surface area contributed by atoms with Crippen molar-refractivity contribution in [3.63, 3.8) is 0 Å². The van der Waals surface area contributed by atoms with E-state index in [1.165, 1.54) is 0 Å². The maximum Gasteiger partial charge on any atom is 0.151 e. The molecule has 88 valence electrons. The molecule has 3 nitrogen and oxygen atoms in total. The predicted molar refractivity (Wildman–Crippen MR) is 70.4 cm³/mol. The van der Waals surface area contributed by atoms with Crippen LogP contribution in [0.3, 0.4) is 0 Å². The molecule has 0 aliphatic heterocycles. The molecule has 17 heavy (non-hydrogen) atoms. The van der Waals surface area contributed by atoms with Gasteiger partial charge >= 0.3 is 0 Å². The van der Waals surface area contributed by atoms with E-state index in [0.29, 0.717) is 15.9 Å². The van der Waals surface area contributed by atoms with Gasteiger partial charge in [0.2, 0.25) is 0 Å². The van der Waals surface area contributed by atoms with Crippen LogP contribution in [0.15, 0.2) is 36.5 Å². The van der Waals surface area contributed by atoms with Crippen LogP contribution in [0.2, 0.25) is 10.0 Å². The molecule has 0 radical (unpaired) electrons. The summed E-state index contributed by atoms with van der Waals surface area (Å²) in [6.07, 6.45) is 1.54. The van der Waals surface area contributed by atoms with E-state index in [4.69, 9.17) is 23.2 Å². The third kappa shape index (κ3) is 2.62. The second-order valence-electron chi connectivity index (χ2n) is 3.53. The molecule has 0 spiro atoms. The van der Waals surface area contributed by atoms with Crippen molar-refractivity contribution in [2.75, 3.05) is 11.9 Å². The molecule has 1 N–H and O–H groups in total. The molecule has 0 atom stereocenters. The summed E-state index contributed by atoms with van der Waals surface area (Å²) in [7, 11) is 1.84. The van der Waals surface area contributed by atoms with Crippen molar-refractivity contribution in [1.82, 2.24) is 4.98 Å². The molecule has 2 rings (SSSR count). The SMILES string of the molecule is CN(c1ccc(O)cc1)c1ncc(Cl)cc1Cl. The molecular formula is C12H10Cl2N2O. The molecule has 0 aliphatic carbocycles. The highest BCUT2D eigenvalue weighted by atomic mass is 35.5. The van der Waals surface area contributed by atoms with Gasteiger partial charge in [0.05, 0.1) is 10.0 Å². The number of phenolic OH excluding ortho intramolecular Hbond substituents is 1. The lowest BCUT2D eigenvalue weighted by Gasteiger charge is -2.19. The maximum absolute atomic E-state index is 9.22. The van der Waals surface area contributed by atoms with Gasteiger partial charge in [-0.2, -0.15) is 0 Å². The van der Waals surface area contributed by atoms with Crippen LogP contribution in [0, 0.1) is 0 Å². The number of aromatic nitrogens is 1. The second kappa shape index (κ2) is 4.82. The van der Waals surface area contributed by atoms with Crippen LogP contribution in [0.5, 0.6) is 5.75 Å². The Labute approximate surface area is 109 Å². The number of halogens is 2. The first-order chi connectivity index (χ1) is 8.08. The van der Waals surface area contributed by atoms with Crippen LogP contribution in [-0.4, -0.2) is 17.1 Å². The minimum Gasteiger partial charge on any atom is -0.508 e. The van der Waals surface area contributed by atoms with E-state index in [1.807, 2.05) is 11.9 Å². The summed E-state index contributed by atoms with van der Waals surface area (Å²) in [5.41, 5.74) is 0.875. The fourth-order valence-corrected chi connectivity index (χ4v) is 1.96. The van der Waals surface area contributed by atoms with Crippen molar-refractivity contribution in [3.8, 4) is 5.75 Å². The average Bonchev–Trinajstić information content (AvgIpc) is 2.29. The van der Waals surface area contributed by atoms with Gasteiger partial charge in [0.25, 0.3) is 0 Å². The number of nitrogens with zero attached hydrogens (tertiary/aromatic N) is 2. The number of hydrogen-bond donors (Lipinski definition) is 1. The molecule has 1 aromatic carbocycles. The van der Waals surface area contributed by atoms with Gasteiger partial charge < -0.3 is 10.0 Å². The minimum absolute atomic E-state index is 0.220. The van der Waals surface area contributed by atoms with Crippen LogP contribution >= 0.6 is 23.2 Å². The second-order valence-corrected chi connectivity index (χ2v) is 4.38. The van der Waals surface area contributed by atoms with Gasteiger partial charge in [-0.25, -0.2) is 4.98 Å². The van der Waals surface area contributed by atoms with Gasteiger partial charge in [0.15, 0.2) is 5.82 Å². The lowest BCUT2D eigenvalue weighted by atomic mass is 10.3. The molecule has 5 heteroatoms. The molecule has 0 saturated heterocycles. The first-order valence-corrected chi connectivity index (χ1v) is 5.67. The molecule has 0 saturated carbocycles. The highest BCUT2D eigenvalue weighted by molar-refractivity contribution is 6.36. The molecule has 0 bridgehead atoms. The lowest BCUT2D eigenvalue weighted by Crippen LogP contribution is -2.11. The Morgan fingerprint density at radius 1 is 1.18 bits per heavy atom. The third-order valence-electron chi connectivity index (χ3n) is 2.34. The molecule has 0 aliphatic rings. The van der Waals surface area contributed by atoms with E-state index in [0.717, 1.165) is 5.69 Å². The zero-order valence-corrected chi connectivity index (χ0v) is 10.6. The summed E-state index contributed by atoms with van der Waals surface area (Å²) >= 11 is 11.9. The Kier molecular flexibility index (Phi) is 3.41. The van der Waals surface area contributed by atoms with Crippen molar-refractivity contribution >= 4 is 34.7 Å². The minimum atomic E-state index is 0.220. The number of benzene rings is 1. The van der Waals surface area contributed by atoms with Crippen LogP contribution in [0.4, 0.5) is 11.5 Å². The van der Waals surface area contributed by atoms with Crippen LogP contribution in [-0.2, 0) is 0 Å². The predicted octanol–water partition coefficient (Wildman–Crippen LogP) is 3.86. The molecule has 0 fully saturated rings. The molecule has 1 aromatic heterocycles. The highest BCUT2D eigenvalue weighted by Gasteiger charge is 2.10. The quantitative estimate of drug-likeness (QED) is 0.899. The Hall–Kier alpha value is -1.45. The lowest BCUT2D eigenvalue weighted by molar-refractivity contribution is 0.475. The highest BCUT2D eigenvalue weighted by Crippen LogP contribution is 2.30. The van der Waals surface area contributed by atoms with Crippen LogP contribution < -0.4 is 4.90 Å². The van der Waals surface area contributed by atoms with E-state index in [1.54, 1.807) is 36.5 Å². The fraction of sp³-hybridized carbons (Fsp3) is 0.0833. The summed E-state index contributed by atoms with van der Waals surface area (Å²) in [5, 5.41) is 10.2. The van der Waals surface area contributed by atoms with E-state index < -0.39 is 0 Å². The van der Waals surface area contributed by atoms with Gasteiger partial charge in [-0.1, -0.05) is 23.2 Å². The van der Waals surface area contributed by atoms with Crippen LogP contribution in [0.25, 0.3) is 0 Å². The van der Waals surface area contributed by atoms with Gasteiger partial charge in [-0.05, 0) is 30.3 Å². The molecule has 0 unspecified atom stereocenters. The Morgan fingerprint density at radius 2 is 1.82 bits per heavy atom. The molecule has 0 amide bonds. The number of phenols is 1. The average molecular weight is 269 g/mol.